The number of ether oxygens (including phenoxy) is 2. The molecule has 1 aliphatic heterocycles. The molecule has 162 valence electrons. The number of carboxylic acids is 1. The van der Waals surface area contributed by atoms with Gasteiger partial charge in [0.2, 0.25) is 0 Å². The van der Waals surface area contributed by atoms with Gasteiger partial charge < -0.3 is 14.6 Å². The SMILES string of the molecule is CCCOc1c(Br)cc(/C=C2/SC(=Nc3ccc(C(=O)O)cc3)N(C)C2=O)cc1OC. The number of carbonyl (C=O) groups is 2. The first-order valence-electron chi connectivity index (χ1n) is 9.44. The summed E-state index contributed by atoms with van der Waals surface area (Å²) < 4.78 is 11.9. The van der Waals surface area contributed by atoms with Gasteiger partial charge in [-0.1, -0.05) is 6.92 Å². The van der Waals surface area contributed by atoms with Gasteiger partial charge in [0, 0.05) is 7.05 Å². The zero-order valence-corrected chi connectivity index (χ0v) is 19.6. The number of benzene rings is 2. The van der Waals surface area contributed by atoms with Gasteiger partial charge in [0.1, 0.15) is 0 Å². The lowest BCUT2D eigenvalue weighted by molar-refractivity contribution is -0.121. The van der Waals surface area contributed by atoms with Crippen LogP contribution in [0.5, 0.6) is 11.5 Å². The van der Waals surface area contributed by atoms with Crippen molar-refractivity contribution >= 4 is 56.5 Å². The highest BCUT2D eigenvalue weighted by molar-refractivity contribution is 9.10. The minimum Gasteiger partial charge on any atom is -0.493 e. The second kappa shape index (κ2) is 10.0. The zero-order valence-electron chi connectivity index (χ0n) is 17.2. The van der Waals surface area contributed by atoms with E-state index in [4.69, 9.17) is 14.6 Å². The smallest absolute Gasteiger partial charge is 0.335 e. The number of aliphatic imine (C=N–C) groups is 1. The van der Waals surface area contributed by atoms with Crippen LogP contribution in [0.4, 0.5) is 5.69 Å². The number of thioether (sulfide) groups is 1. The van der Waals surface area contributed by atoms with Crippen LogP contribution in [0, 0.1) is 0 Å². The number of likely N-dealkylation sites (N-methyl/N-ethyl adjacent to an activating group) is 1. The molecule has 1 aliphatic rings. The van der Waals surface area contributed by atoms with Crippen molar-refractivity contribution in [3.8, 4) is 11.5 Å². The van der Waals surface area contributed by atoms with E-state index in [0.29, 0.717) is 33.9 Å². The Balaban J connectivity index is 1.87. The van der Waals surface area contributed by atoms with Gasteiger partial charge in [-0.05, 0) is 82.2 Å². The summed E-state index contributed by atoms with van der Waals surface area (Å²) in [5.41, 5.74) is 1.53. The maximum atomic E-state index is 12.7. The first-order valence-corrected chi connectivity index (χ1v) is 11.0. The molecule has 31 heavy (non-hydrogen) atoms. The van der Waals surface area contributed by atoms with Gasteiger partial charge in [-0.25, -0.2) is 9.79 Å². The molecule has 0 aliphatic carbocycles. The van der Waals surface area contributed by atoms with Crippen LogP contribution in [-0.4, -0.2) is 47.8 Å². The Morgan fingerprint density at radius 3 is 2.61 bits per heavy atom. The van der Waals surface area contributed by atoms with Crippen LogP contribution in [0.15, 0.2) is 50.8 Å². The fourth-order valence-electron chi connectivity index (χ4n) is 2.76. The van der Waals surface area contributed by atoms with Crippen molar-refractivity contribution in [1.82, 2.24) is 4.90 Å². The van der Waals surface area contributed by atoms with E-state index in [0.717, 1.165) is 16.5 Å². The van der Waals surface area contributed by atoms with Crippen molar-refractivity contribution in [2.45, 2.75) is 13.3 Å². The Morgan fingerprint density at radius 2 is 2.00 bits per heavy atom. The van der Waals surface area contributed by atoms with E-state index in [2.05, 4.69) is 20.9 Å². The molecule has 1 saturated heterocycles. The van der Waals surface area contributed by atoms with Crippen LogP contribution in [0.1, 0.15) is 29.3 Å². The third kappa shape index (κ3) is 5.29. The molecule has 0 aromatic heterocycles. The van der Waals surface area contributed by atoms with Crippen LogP contribution in [0.3, 0.4) is 0 Å². The van der Waals surface area contributed by atoms with Gasteiger partial charge >= 0.3 is 5.97 Å². The minimum atomic E-state index is -1.00. The van der Waals surface area contributed by atoms with E-state index >= 15 is 0 Å². The van der Waals surface area contributed by atoms with Crippen molar-refractivity contribution < 1.29 is 24.2 Å². The minimum absolute atomic E-state index is 0.174. The Bertz CT molecular complexity index is 1070. The molecule has 0 saturated carbocycles. The monoisotopic (exact) mass is 504 g/mol. The van der Waals surface area contributed by atoms with Gasteiger partial charge in [0.15, 0.2) is 16.7 Å². The van der Waals surface area contributed by atoms with Crippen molar-refractivity contribution in [2.75, 3.05) is 20.8 Å². The normalized spacial score (nSPS) is 16.3. The number of carboxylic acid groups (broad SMARTS) is 1. The third-order valence-corrected chi connectivity index (χ3v) is 5.99. The molecule has 7 nitrogen and oxygen atoms in total. The molecule has 1 heterocycles. The summed E-state index contributed by atoms with van der Waals surface area (Å²) >= 11 is 4.76. The van der Waals surface area contributed by atoms with Crippen LogP contribution >= 0.6 is 27.7 Å². The van der Waals surface area contributed by atoms with E-state index in [-0.39, 0.29) is 11.5 Å². The number of amides is 1. The number of rotatable bonds is 7. The lowest BCUT2D eigenvalue weighted by atomic mass is 10.2. The molecule has 0 bridgehead atoms. The van der Waals surface area contributed by atoms with E-state index < -0.39 is 5.97 Å². The van der Waals surface area contributed by atoms with E-state index in [1.54, 1.807) is 32.4 Å². The molecule has 0 atom stereocenters. The molecule has 0 spiro atoms. The molecule has 3 rings (SSSR count). The Kier molecular flexibility index (Phi) is 7.40. The third-order valence-electron chi connectivity index (χ3n) is 4.34. The number of nitrogens with zero attached hydrogens (tertiary/aromatic N) is 2. The standard InChI is InChI=1S/C22H21BrN2O5S/c1-4-9-30-19-16(23)10-13(11-17(19)29-3)12-18-20(26)25(2)22(31-18)24-15-7-5-14(6-8-15)21(27)28/h5-8,10-12H,4,9H2,1-3H3,(H,27,28)/b18-12+,24-22?. The predicted molar refractivity (Wildman–Crippen MR) is 125 cm³/mol. The van der Waals surface area contributed by atoms with E-state index in [9.17, 15) is 9.59 Å². The molecule has 1 amide bonds. The van der Waals surface area contributed by atoms with Crippen LogP contribution < -0.4 is 9.47 Å². The first-order chi connectivity index (χ1) is 14.8. The Labute approximate surface area is 192 Å². The van der Waals surface area contributed by atoms with Gasteiger partial charge in [0.05, 0.1) is 34.3 Å². The fraction of sp³-hybridized carbons (Fsp3) is 0.227. The highest BCUT2D eigenvalue weighted by Gasteiger charge is 2.30. The summed E-state index contributed by atoms with van der Waals surface area (Å²) in [6.07, 6.45) is 2.65. The van der Waals surface area contributed by atoms with Gasteiger partial charge in [-0.3, -0.25) is 9.69 Å². The number of amidine groups is 1. The molecule has 2 aromatic rings. The number of aromatic carboxylic acids is 1. The molecule has 2 aromatic carbocycles. The van der Waals surface area contributed by atoms with Crippen LogP contribution in [0.2, 0.25) is 0 Å². The Morgan fingerprint density at radius 1 is 1.29 bits per heavy atom. The van der Waals surface area contributed by atoms with Gasteiger partial charge in [-0.2, -0.15) is 0 Å². The van der Waals surface area contributed by atoms with Crippen molar-refractivity contribution in [3.63, 3.8) is 0 Å². The van der Waals surface area contributed by atoms with Gasteiger partial charge in [-0.15, -0.1) is 0 Å². The van der Waals surface area contributed by atoms with Gasteiger partial charge in [0.25, 0.3) is 5.91 Å². The number of carbonyl (C=O) groups excluding carboxylic acids is 1. The van der Waals surface area contributed by atoms with Crippen molar-refractivity contribution in [1.29, 1.82) is 0 Å². The quantitative estimate of drug-likeness (QED) is 0.522. The summed E-state index contributed by atoms with van der Waals surface area (Å²) in [7, 11) is 3.22. The van der Waals surface area contributed by atoms with Crippen molar-refractivity contribution in [3.05, 3.63) is 56.9 Å². The molecule has 0 unspecified atom stereocenters. The summed E-state index contributed by atoms with van der Waals surface area (Å²) in [6.45, 7) is 2.60. The maximum Gasteiger partial charge on any atom is 0.335 e. The number of hydrogen-bond donors (Lipinski definition) is 1. The number of methoxy groups -OCH3 is 1. The lowest BCUT2D eigenvalue weighted by Crippen LogP contribution is -2.23. The highest BCUT2D eigenvalue weighted by Crippen LogP contribution is 2.39. The number of hydrogen-bond acceptors (Lipinski definition) is 6. The van der Waals surface area contributed by atoms with Crippen molar-refractivity contribution in [2.24, 2.45) is 4.99 Å². The molecule has 1 N–H and O–H groups in total. The lowest BCUT2D eigenvalue weighted by Gasteiger charge is -2.13. The molecular weight excluding hydrogens is 484 g/mol. The van der Waals surface area contributed by atoms with Crippen LogP contribution in [-0.2, 0) is 4.79 Å². The maximum absolute atomic E-state index is 12.7. The predicted octanol–water partition coefficient (Wildman–Crippen LogP) is 5.18. The molecule has 0 radical (unpaired) electrons. The topological polar surface area (TPSA) is 88.4 Å². The number of halogens is 1. The second-order valence-corrected chi connectivity index (χ2v) is 8.47. The molecule has 1 fully saturated rings. The summed E-state index contributed by atoms with van der Waals surface area (Å²) in [6, 6.07) is 9.85. The molecular formula is C22H21BrN2O5S. The summed E-state index contributed by atoms with van der Waals surface area (Å²) in [4.78, 5) is 30.2. The van der Waals surface area contributed by atoms with E-state index in [1.165, 1.54) is 28.8 Å². The second-order valence-electron chi connectivity index (χ2n) is 6.60. The zero-order chi connectivity index (χ0) is 22.5. The average molecular weight is 505 g/mol. The average Bonchev–Trinajstić information content (AvgIpc) is 3.00. The summed E-state index contributed by atoms with van der Waals surface area (Å²) in [5, 5.41) is 9.52. The largest absolute Gasteiger partial charge is 0.493 e. The van der Waals surface area contributed by atoms with E-state index in [1.807, 2.05) is 19.1 Å². The fourth-order valence-corrected chi connectivity index (χ4v) is 4.32. The summed E-state index contributed by atoms with van der Waals surface area (Å²) in [5.74, 6) is 0.0268. The Hall–Kier alpha value is -2.78. The van der Waals surface area contributed by atoms with Crippen LogP contribution in [0.25, 0.3) is 6.08 Å². The first kappa shape index (κ1) is 22.9. The molecule has 9 heteroatoms. The highest BCUT2D eigenvalue weighted by atomic mass is 79.9.